The van der Waals surface area contributed by atoms with E-state index in [1.165, 1.54) is 0 Å². The molecule has 1 atom stereocenters. The molecule has 1 aromatic heterocycles. The number of nitriles is 1. The highest BCUT2D eigenvalue weighted by Gasteiger charge is 2.25. The average molecular weight is 273 g/mol. The number of anilines is 1. The van der Waals surface area contributed by atoms with Gasteiger partial charge < -0.3 is 10.6 Å². The van der Waals surface area contributed by atoms with Crippen molar-refractivity contribution >= 4 is 11.7 Å². The second-order valence-electron chi connectivity index (χ2n) is 4.81. The summed E-state index contributed by atoms with van der Waals surface area (Å²) >= 11 is 0. The van der Waals surface area contributed by atoms with Crippen LogP contribution in [0.2, 0.25) is 0 Å². The van der Waals surface area contributed by atoms with Crippen LogP contribution in [0, 0.1) is 11.3 Å². The summed E-state index contributed by atoms with van der Waals surface area (Å²) in [5, 5.41) is 9.10. The van der Waals surface area contributed by atoms with Crippen molar-refractivity contribution in [1.29, 1.82) is 5.26 Å². The fourth-order valence-corrected chi connectivity index (χ4v) is 2.52. The van der Waals surface area contributed by atoms with Gasteiger partial charge in [-0.15, -0.1) is 0 Å². The van der Waals surface area contributed by atoms with Gasteiger partial charge in [-0.25, -0.2) is 4.98 Å². The Bertz CT molecular complexity index is 517. The summed E-state index contributed by atoms with van der Waals surface area (Å²) in [6.07, 6.45) is 2.49. The summed E-state index contributed by atoms with van der Waals surface area (Å²) in [5.41, 5.74) is 5.83. The highest BCUT2D eigenvalue weighted by atomic mass is 16.1. The van der Waals surface area contributed by atoms with Gasteiger partial charge in [-0.2, -0.15) is 5.26 Å². The maximum atomic E-state index is 11.4. The number of aromatic nitrogens is 1. The third-order valence-corrected chi connectivity index (χ3v) is 3.64. The Morgan fingerprint density at radius 1 is 1.50 bits per heavy atom. The number of nitrogens with two attached hydrogens (primary N) is 1. The molecule has 1 unspecified atom stereocenters. The van der Waals surface area contributed by atoms with Crippen molar-refractivity contribution in [3.8, 4) is 6.07 Å². The second-order valence-corrected chi connectivity index (χ2v) is 4.81. The van der Waals surface area contributed by atoms with Crippen LogP contribution in [-0.4, -0.2) is 48.0 Å². The zero-order chi connectivity index (χ0) is 14.5. The van der Waals surface area contributed by atoms with Crippen molar-refractivity contribution in [2.45, 2.75) is 19.4 Å². The maximum absolute atomic E-state index is 11.4. The molecule has 1 aromatic rings. The molecule has 1 aliphatic rings. The Labute approximate surface area is 118 Å². The van der Waals surface area contributed by atoms with Gasteiger partial charge in [0.25, 0.3) is 5.91 Å². The molecule has 6 nitrogen and oxygen atoms in total. The quantitative estimate of drug-likeness (QED) is 0.868. The number of carbonyl (C=O) groups is 1. The number of carbonyl (C=O) groups excluding carboxylic acids is 1. The number of rotatable bonds is 4. The Morgan fingerprint density at radius 3 is 2.75 bits per heavy atom. The number of amides is 1. The van der Waals surface area contributed by atoms with Crippen LogP contribution in [0.15, 0.2) is 18.3 Å². The number of hydrogen-bond donors (Lipinski definition) is 1. The second kappa shape index (κ2) is 6.35. The number of nitrogens with zero attached hydrogens (tertiary/aromatic N) is 4. The van der Waals surface area contributed by atoms with Gasteiger partial charge in [-0.05, 0) is 18.6 Å². The predicted octanol–water partition coefficient (Wildman–Crippen LogP) is 0.605. The predicted molar refractivity (Wildman–Crippen MR) is 76.2 cm³/mol. The van der Waals surface area contributed by atoms with Crippen LogP contribution in [0.25, 0.3) is 0 Å². The first-order chi connectivity index (χ1) is 9.67. The van der Waals surface area contributed by atoms with Crippen molar-refractivity contribution in [2.75, 3.05) is 31.1 Å². The van der Waals surface area contributed by atoms with E-state index in [1.807, 2.05) is 6.92 Å². The molecule has 20 heavy (non-hydrogen) atoms. The Hall–Kier alpha value is -2.13. The lowest BCUT2D eigenvalue weighted by molar-refractivity contribution is 0.1000. The summed E-state index contributed by atoms with van der Waals surface area (Å²) in [6.45, 7) is 5.09. The van der Waals surface area contributed by atoms with E-state index >= 15 is 0 Å². The van der Waals surface area contributed by atoms with Crippen LogP contribution in [0.3, 0.4) is 0 Å². The first-order valence-electron chi connectivity index (χ1n) is 6.80. The van der Waals surface area contributed by atoms with Gasteiger partial charge in [0.1, 0.15) is 5.82 Å². The number of primary amides is 1. The van der Waals surface area contributed by atoms with Crippen molar-refractivity contribution in [3.63, 3.8) is 0 Å². The summed E-state index contributed by atoms with van der Waals surface area (Å²) in [6, 6.07) is 5.70. The number of hydrogen-bond acceptors (Lipinski definition) is 5. The van der Waals surface area contributed by atoms with Gasteiger partial charge in [0.2, 0.25) is 0 Å². The van der Waals surface area contributed by atoms with Crippen LogP contribution >= 0.6 is 0 Å². The van der Waals surface area contributed by atoms with Crippen LogP contribution in [-0.2, 0) is 0 Å². The maximum Gasteiger partial charge on any atom is 0.252 e. The third kappa shape index (κ3) is 2.89. The Morgan fingerprint density at radius 2 is 2.20 bits per heavy atom. The molecule has 0 radical (unpaired) electrons. The summed E-state index contributed by atoms with van der Waals surface area (Å²) < 4.78 is 0. The highest BCUT2D eigenvalue weighted by molar-refractivity contribution is 5.97. The molecule has 0 saturated carbocycles. The van der Waals surface area contributed by atoms with E-state index in [9.17, 15) is 4.79 Å². The normalized spacial score (nSPS) is 17.5. The summed E-state index contributed by atoms with van der Waals surface area (Å²) in [4.78, 5) is 19.9. The molecule has 106 valence electrons. The van der Waals surface area contributed by atoms with Gasteiger partial charge in [0, 0.05) is 32.4 Å². The SMILES string of the molecule is CCC(C#N)N1CCN(c2ncccc2C(N)=O)CC1. The molecule has 1 saturated heterocycles. The van der Waals surface area contributed by atoms with Crippen molar-refractivity contribution in [3.05, 3.63) is 23.9 Å². The lowest BCUT2D eigenvalue weighted by atomic mass is 10.1. The van der Waals surface area contributed by atoms with Crippen LogP contribution < -0.4 is 10.6 Å². The van der Waals surface area contributed by atoms with E-state index in [4.69, 9.17) is 11.0 Å². The first kappa shape index (κ1) is 14.3. The first-order valence-corrected chi connectivity index (χ1v) is 6.80. The van der Waals surface area contributed by atoms with Crippen LogP contribution in [0.5, 0.6) is 0 Å². The van der Waals surface area contributed by atoms with Gasteiger partial charge >= 0.3 is 0 Å². The zero-order valence-corrected chi connectivity index (χ0v) is 11.6. The van der Waals surface area contributed by atoms with Crippen LogP contribution in [0.1, 0.15) is 23.7 Å². The molecular formula is C14H19N5O. The van der Waals surface area contributed by atoms with Gasteiger partial charge in [0.05, 0.1) is 17.7 Å². The molecule has 0 aliphatic carbocycles. The average Bonchev–Trinajstić information content (AvgIpc) is 2.49. The minimum atomic E-state index is -0.459. The molecule has 2 heterocycles. The van der Waals surface area contributed by atoms with Crippen LogP contribution in [0.4, 0.5) is 5.82 Å². The molecule has 1 fully saturated rings. The molecule has 2 N–H and O–H groups in total. The highest BCUT2D eigenvalue weighted by Crippen LogP contribution is 2.19. The van der Waals surface area contributed by atoms with Crippen molar-refractivity contribution < 1.29 is 4.79 Å². The molecular weight excluding hydrogens is 254 g/mol. The fourth-order valence-electron chi connectivity index (χ4n) is 2.52. The topological polar surface area (TPSA) is 86.2 Å². The summed E-state index contributed by atoms with van der Waals surface area (Å²) in [5.74, 6) is 0.184. The lowest BCUT2D eigenvalue weighted by Crippen LogP contribution is -2.50. The molecule has 0 aromatic carbocycles. The van der Waals surface area contributed by atoms with Gasteiger partial charge in [0.15, 0.2) is 0 Å². The van der Waals surface area contributed by atoms with E-state index in [2.05, 4.69) is 20.9 Å². The smallest absolute Gasteiger partial charge is 0.252 e. The van der Waals surface area contributed by atoms with Crippen molar-refractivity contribution in [1.82, 2.24) is 9.88 Å². The monoisotopic (exact) mass is 273 g/mol. The Balaban J connectivity index is 2.08. The van der Waals surface area contributed by atoms with E-state index < -0.39 is 5.91 Å². The standard InChI is InChI=1S/C14H19N5O/c1-2-11(10-15)18-6-8-19(9-7-18)14-12(13(16)20)4-3-5-17-14/h3-5,11H,2,6-9H2,1H3,(H2,16,20). The largest absolute Gasteiger partial charge is 0.365 e. The van der Waals surface area contributed by atoms with E-state index in [1.54, 1.807) is 18.3 Å². The van der Waals surface area contributed by atoms with E-state index in [0.717, 1.165) is 32.6 Å². The molecule has 1 amide bonds. The van der Waals surface area contributed by atoms with Gasteiger partial charge in [-0.1, -0.05) is 6.92 Å². The molecule has 0 spiro atoms. The summed E-state index contributed by atoms with van der Waals surface area (Å²) in [7, 11) is 0. The Kier molecular flexibility index (Phi) is 4.53. The minimum absolute atomic E-state index is 0.0310. The van der Waals surface area contributed by atoms with Gasteiger partial charge in [-0.3, -0.25) is 9.69 Å². The number of pyridine rings is 1. The number of piperazine rings is 1. The van der Waals surface area contributed by atoms with E-state index in [0.29, 0.717) is 11.4 Å². The fraction of sp³-hybridized carbons (Fsp3) is 0.500. The molecule has 2 rings (SSSR count). The van der Waals surface area contributed by atoms with E-state index in [-0.39, 0.29) is 6.04 Å². The molecule has 6 heteroatoms. The third-order valence-electron chi connectivity index (χ3n) is 3.64. The van der Waals surface area contributed by atoms with Crippen molar-refractivity contribution in [2.24, 2.45) is 5.73 Å². The lowest BCUT2D eigenvalue weighted by Gasteiger charge is -2.37. The zero-order valence-electron chi connectivity index (χ0n) is 11.6. The minimum Gasteiger partial charge on any atom is -0.365 e. The molecule has 0 bridgehead atoms. The molecule has 1 aliphatic heterocycles.